The Bertz CT molecular complexity index is 1190. The number of fused-ring (bicyclic) bond motifs is 1. The van der Waals surface area contributed by atoms with Gasteiger partial charge in [0.05, 0.1) is 0 Å². The number of H-pyrrole nitrogens is 1. The van der Waals surface area contributed by atoms with Gasteiger partial charge in [0, 0.05) is 0 Å². The van der Waals surface area contributed by atoms with Crippen molar-refractivity contribution >= 4 is 48.3 Å². The fourth-order valence-electron chi connectivity index (χ4n) is 5.76. The molecule has 0 aliphatic carbocycles. The summed E-state index contributed by atoms with van der Waals surface area (Å²) in [4.78, 5) is 27.4. The average molecular weight is 642 g/mol. The molecule has 2 aromatic rings. The van der Waals surface area contributed by atoms with E-state index in [1.165, 1.54) is 10.5 Å². The van der Waals surface area contributed by atoms with Crippen molar-refractivity contribution in [3.8, 4) is 0 Å². The Morgan fingerprint density at radius 3 is 2.08 bits per heavy atom. The zero-order valence-electron chi connectivity index (χ0n) is 23.7. The van der Waals surface area contributed by atoms with Gasteiger partial charge in [-0.25, -0.2) is 0 Å². The molecule has 210 valence electrons. The van der Waals surface area contributed by atoms with Gasteiger partial charge < -0.3 is 0 Å². The summed E-state index contributed by atoms with van der Waals surface area (Å²) in [5.74, 6) is 0. The molecule has 4 atom stereocenters. The summed E-state index contributed by atoms with van der Waals surface area (Å²) in [6.07, 6.45) is 1.52. The van der Waals surface area contributed by atoms with Crippen molar-refractivity contribution in [2.45, 2.75) is 99.1 Å². The molecular weight excluding hydrogens is 600 g/mol. The maximum absolute atomic E-state index is 13.0. The molecule has 0 unspecified atom stereocenters. The third kappa shape index (κ3) is 5.63. The van der Waals surface area contributed by atoms with Crippen LogP contribution in [0.25, 0.3) is 0 Å². The minimum atomic E-state index is -2.79. The van der Waals surface area contributed by atoms with E-state index in [0.717, 1.165) is 0 Å². The molecule has 0 radical (unpaired) electrons. The summed E-state index contributed by atoms with van der Waals surface area (Å²) >= 11 is 1.78. The number of aromatic nitrogens is 2. The van der Waals surface area contributed by atoms with Crippen LogP contribution in [0.4, 0.5) is 0 Å². The van der Waals surface area contributed by atoms with E-state index in [2.05, 4.69) is 84.6 Å². The third-order valence-corrected chi connectivity index (χ3v) is 22.8. The van der Waals surface area contributed by atoms with E-state index in [0.29, 0.717) is 6.61 Å². The average Bonchev–Trinajstić information content (AvgIpc) is 3.14. The second-order valence-corrected chi connectivity index (χ2v) is 24.4. The van der Waals surface area contributed by atoms with Crippen molar-refractivity contribution in [2.75, 3.05) is 6.61 Å². The Labute approximate surface area is 239 Å². The second kappa shape index (κ2) is 11.9. The molecule has 0 bridgehead atoms. The quantitative estimate of drug-likeness (QED) is 0.432. The molecular formula is C27H42N2O5SSeSi2. The SMILES string of the molecule is CC(C)[Si]1(C(C)C)OC[C@H]2S[C@H](n3ccc(=O)[nH]c3=O)[C@@H]([Se]c3ccccc3)[C@@H]2O[Si](C(C)C)(C(C)C)O1. The van der Waals surface area contributed by atoms with E-state index in [-0.39, 0.29) is 69.9 Å². The van der Waals surface area contributed by atoms with Crippen LogP contribution in [0.15, 0.2) is 52.2 Å². The van der Waals surface area contributed by atoms with Crippen LogP contribution in [-0.2, 0) is 13.0 Å². The normalized spacial score (nSPS) is 27.1. The van der Waals surface area contributed by atoms with Crippen molar-refractivity contribution in [3.63, 3.8) is 0 Å². The minimum absolute atomic E-state index is 0.0197. The number of nitrogens with zero attached hydrogens (tertiary/aromatic N) is 1. The van der Waals surface area contributed by atoms with E-state index in [1.54, 1.807) is 22.5 Å². The molecule has 1 N–H and O–H groups in total. The van der Waals surface area contributed by atoms with Gasteiger partial charge in [-0.15, -0.1) is 0 Å². The van der Waals surface area contributed by atoms with Gasteiger partial charge >= 0.3 is 240 Å². The predicted molar refractivity (Wildman–Crippen MR) is 161 cm³/mol. The molecule has 0 saturated carbocycles. The fraction of sp³-hybridized carbons (Fsp3) is 0.630. The van der Waals surface area contributed by atoms with Crippen molar-refractivity contribution in [3.05, 3.63) is 63.4 Å². The van der Waals surface area contributed by atoms with Gasteiger partial charge in [0.1, 0.15) is 0 Å². The zero-order valence-corrected chi connectivity index (χ0v) is 28.2. The van der Waals surface area contributed by atoms with Gasteiger partial charge in [0.2, 0.25) is 0 Å². The number of aromatic amines is 1. The second-order valence-electron chi connectivity index (χ2n) is 11.5. The van der Waals surface area contributed by atoms with E-state index in [4.69, 9.17) is 13.0 Å². The molecule has 0 spiro atoms. The molecule has 2 saturated heterocycles. The van der Waals surface area contributed by atoms with Crippen molar-refractivity contribution in [2.24, 2.45) is 0 Å². The first kappa shape index (κ1) is 30.1. The molecule has 7 nitrogen and oxygen atoms in total. The van der Waals surface area contributed by atoms with Crippen LogP contribution >= 0.6 is 11.8 Å². The molecule has 1 aromatic heterocycles. The Morgan fingerprint density at radius 2 is 1.53 bits per heavy atom. The van der Waals surface area contributed by atoms with Gasteiger partial charge in [0.25, 0.3) is 0 Å². The summed E-state index contributed by atoms with van der Waals surface area (Å²) in [6.45, 7) is 18.4. The van der Waals surface area contributed by atoms with Gasteiger partial charge in [0.15, 0.2) is 0 Å². The van der Waals surface area contributed by atoms with E-state index >= 15 is 0 Å². The van der Waals surface area contributed by atoms with Crippen molar-refractivity contribution < 1.29 is 13.0 Å². The third-order valence-electron chi connectivity index (χ3n) is 7.76. The summed E-state index contributed by atoms with van der Waals surface area (Å²) in [7, 11) is -5.43. The standard InChI is InChI=1S/C27H42N2O5SSeSi2/c1-17(2)37(18(3)4)32-16-22-24(33-38(34-37,19(5)6)20(7)8)25(36-21-12-10-9-11-13-21)26(35-22)29-15-14-23(30)28-27(29)31/h9-15,17-20,22,24-26H,16H2,1-8H3,(H,28,30,31)/t22-,24-,25+,26+/m1/s1. The summed E-state index contributed by atoms with van der Waals surface area (Å²) in [6, 6.07) is 11.9. The monoisotopic (exact) mass is 642 g/mol. The maximum atomic E-state index is 13.0. The molecule has 11 heteroatoms. The molecule has 38 heavy (non-hydrogen) atoms. The van der Waals surface area contributed by atoms with Crippen LogP contribution in [0.3, 0.4) is 0 Å². The topological polar surface area (TPSA) is 82.6 Å². The molecule has 2 fully saturated rings. The molecule has 3 heterocycles. The number of hydrogen-bond donors (Lipinski definition) is 1. The summed E-state index contributed by atoms with van der Waals surface area (Å²) < 4.78 is 24.8. The van der Waals surface area contributed by atoms with Gasteiger partial charge in [-0.1, -0.05) is 0 Å². The van der Waals surface area contributed by atoms with Crippen molar-refractivity contribution in [1.82, 2.24) is 9.55 Å². The number of hydrogen-bond acceptors (Lipinski definition) is 6. The van der Waals surface area contributed by atoms with E-state index in [9.17, 15) is 9.59 Å². The number of thioether (sulfide) groups is 1. The first-order valence-corrected chi connectivity index (χ1v) is 20.3. The Kier molecular flexibility index (Phi) is 9.41. The number of benzene rings is 1. The Morgan fingerprint density at radius 1 is 0.921 bits per heavy atom. The van der Waals surface area contributed by atoms with E-state index < -0.39 is 17.1 Å². The summed E-state index contributed by atoms with van der Waals surface area (Å²) in [5.41, 5.74) is 0.271. The van der Waals surface area contributed by atoms with Gasteiger partial charge in [-0.2, -0.15) is 0 Å². The Hall–Kier alpha value is -0.917. The number of rotatable bonds is 7. The summed E-state index contributed by atoms with van der Waals surface area (Å²) in [5, 5.41) is -0.108. The molecule has 1 aromatic carbocycles. The van der Waals surface area contributed by atoms with Crippen molar-refractivity contribution in [1.29, 1.82) is 0 Å². The van der Waals surface area contributed by atoms with Crippen LogP contribution in [0.5, 0.6) is 0 Å². The molecule has 0 amide bonds. The number of nitrogens with one attached hydrogen (secondary N) is 1. The van der Waals surface area contributed by atoms with Crippen LogP contribution in [0, 0.1) is 0 Å². The van der Waals surface area contributed by atoms with Gasteiger partial charge in [-0.3, -0.25) is 0 Å². The fourth-order valence-corrected chi connectivity index (χ4v) is 22.5. The molecule has 4 rings (SSSR count). The van der Waals surface area contributed by atoms with E-state index in [1.807, 2.05) is 6.07 Å². The zero-order chi connectivity index (χ0) is 27.8. The molecule has 2 aliphatic rings. The predicted octanol–water partition coefficient (Wildman–Crippen LogP) is 4.93. The molecule has 2 aliphatic heterocycles. The van der Waals surface area contributed by atoms with Crippen LogP contribution < -0.4 is 15.7 Å². The van der Waals surface area contributed by atoms with Gasteiger partial charge in [-0.05, 0) is 0 Å². The van der Waals surface area contributed by atoms with Crippen LogP contribution in [0.1, 0.15) is 60.8 Å². The Balaban J connectivity index is 1.85. The van der Waals surface area contributed by atoms with Crippen LogP contribution in [-0.4, -0.2) is 59.6 Å². The van der Waals surface area contributed by atoms with Crippen LogP contribution in [0.2, 0.25) is 27.0 Å². The first-order chi connectivity index (χ1) is 17.9. The first-order valence-electron chi connectivity index (χ1n) is 13.6.